The Balaban J connectivity index is 2.11. The Morgan fingerprint density at radius 2 is 1.89 bits per heavy atom. The van der Waals surface area contributed by atoms with Crippen LogP contribution in [0.1, 0.15) is 43.1 Å². The number of likely N-dealkylation sites (N-methyl/N-ethyl adjacent to an activating group) is 1. The highest BCUT2D eigenvalue weighted by molar-refractivity contribution is 9.10. The summed E-state index contributed by atoms with van der Waals surface area (Å²) in [4.78, 5) is 27.8. The fraction of sp³-hybridized carbons (Fsp3) is 0.556. The van der Waals surface area contributed by atoms with Gasteiger partial charge in [-0.2, -0.15) is 13.2 Å². The van der Waals surface area contributed by atoms with Crippen LogP contribution in [-0.4, -0.2) is 53.6 Å². The maximum absolute atomic E-state index is 12.9. The van der Waals surface area contributed by atoms with Crippen LogP contribution in [0.5, 0.6) is 0 Å². The van der Waals surface area contributed by atoms with Crippen molar-refractivity contribution in [3.05, 3.63) is 33.8 Å². The zero-order chi connectivity index (χ0) is 20.6. The van der Waals surface area contributed by atoms with Crippen molar-refractivity contribution in [1.82, 2.24) is 9.80 Å². The number of halogens is 4. The summed E-state index contributed by atoms with van der Waals surface area (Å²) in [6.45, 7) is 5.85. The Bertz CT molecular complexity index is 732. The molecule has 0 unspecified atom stereocenters. The van der Waals surface area contributed by atoms with Gasteiger partial charge in [-0.15, -0.1) is 0 Å². The summed E-state index contributed by atoms with van der Waals surface area (Å²) in [5, 5.41) is 0. The molecule has 0 bridgehead atoms. The highest BCUT2D eigenvalue weighted by Crippen LogP contribution is 2.32. The van der Waals surface area contributed by atoms with Crippen LogP contribution in [-0.2, 0) is 10.9 Å². The summed E-state index contributed by atoms with van der Waals surface area (Å²) in [7, 11) is 1.59. The predicted molar refractivity (Wildman–Crippen MR) is 97.4 cm³/mol. The lowest BCUT2D eigenvalue weighted by Gasteiger charge is -2.28. The molecule has 1 heterocycles. The van der Waals surface area contributed by atoms with Crippen molar-refractivity contribution >= 4 is 27.9 Å². The average Bonchev–Trinajstić information content (AvgIpc) is 3.01. The van der Waals surface area contributed by atoms with Crippen molar-refractivity contribution in [1.29, 1.82) is 0 Å². The van der Waals surface area contributed by atoms with E-state index in [1.165, 1.54) is 15.9 Å². The monoisotopic (exact) mass is 450 g/mol. The van der Waals surface area contributed by atoms with Gasteiger partial charge in [-0.25, -0.2) is 4.79 Å². The molecule has 9 heteroatoms. The predicted octanol–water partition coefficient (Wildman–Crippen LogP) is 4.55. The van der Waals surface area contributed by atoms with E-state index in [9.17, 15) is 22.8 Å². The Morgan fingerprint density at radius 3 is 2.44 bits per heavy atom. The van der Waals surface area contributed by atoms with Crippen LogP contribution >= 0.6 is 15.9 Å². The van der Waals surface area contributed by atoms with E-state index in [0.717, 1.165) is 12.1 Å². The number of nitrogens with zero attached hydrogens (tertiary/aromatic N) is 2. The van der Waals surface area contributed by atoms with Crippen molar-refractivity contribution < 1.29 is 27.5 Å². The van der Waals surface area contributed by atoms with Gasteiger partial charge in [0.2, 0.25) is 0 Å². The van der Waals surface area contributed by atoms with Gasteiger partial charge in [0.1, 0.15) is 5.60 Å². The number of amides is 2. The molecule has 0 spiro atoms. The number of carbonyl (C=O) groups excluding carboxylic acids is 2. The van der Waals surface area contributed by atoms with Gasteiger partial charge in [0.15, 0.2) is 0 Å². The third-order valence-corrected chi connectivity index (χ3v) is 4.90. The van der Waals surface area contributed by atoms with Gasteiger partial charge in [-0.05, 0) is 61.3 Å². The first kappa shape index (κ1) is 21.5. The van der Waals surface area contributed by atoms with Crippen molar-refractivity contribution in [3.8, 4) is 0 Å². The van der Waals surface area contributed by atoms with Crippen molar-refractivity contribution in [3.63, 3.8) is 0 Å². The Kier molecular flexibility index (Phi) is 6.13. The van der Waals surface area contributed by atoms with Crippen LogP contribution < -0.4 is 0 Å². The van der Waals surface area contributed by atoms with Gasteiger partial charge in [-0.3, -0.25) is 4.79 Å². The smallest absolute Gasteiger partial charge is 0.416 e. The van der Waals surface area contributed by atoms with Gasteiger partial charge in [-0.1, -0.05) is 0 Å². The third-order valence-electron chi connectivity index (χ3n) is 4.20. The molecule has 1 aliphatic heterocycles. The SMILES string of the molecule is CN(C(=O)OC(C)(C)C)[C@H]1CCN(C(=O)c2cc(C(F)(F)F)ccc2Br)C1. The number of hydrogen-bond donors (Lipinski definition) is 0. The molecule has 1 saturated heterocycles. The molecule has 1 fully saturated rings. The molecule has 0 radical (unpaired) electrons. The molecule has 5 nitrogen and oxygen atoms in total. The fourth-order valence-electron chi connectivity index (χ4n) is 2.76. The molecular weight excluding hydrogens is 429 g/mol. The molecule has 1 aromatic carbocycles. The number of rotatable bonds is 2. The van der Waals surface area contributed by atoms with Crippen molar-refractivity contribution in [2.75, 3.05) is 20.1 Å². The van der Waals surface area contributed by atoms with E-state index >= 15 is 0 Å². The van der Waals surface area contributed by atoms with Crippen LogP contribution in [0.25, 0.3) is 0 Å². The normalized spacial score (nSPS) is 17.8. The molecule has 2 amide bonds. The van der Waals surface area contributed by atoms with E-state index in [-0.39, 0.29) is 18.2 Å². The van der Waals surface area contributed by atoms with Gasteiger partial charge >= 0.3 is 12.3 Å². The second-order valence-corrected chi connectivity index (χ2v) is 8.33. The number of alkyl halides is 3. The van der Waals surface area contributed by atoms with Gasteiger partial charge < -0.3 is 14.5 Å². The number of ether oxygens (including phenoxy) is 1. The topological polar surface area (TPSA) is 49.9 Å². The number of carbonyl (C=O) groups is 2. The number of benzene rings is 1. The van der Waals surface area contributed by atoms with E-state index in [4.69, 9.17) is 4.74 Å². The first-order valence-electron chi connectivity index (χ1n) is 8.41. The lowest BCUT2D eigenvalue weighted by atomic mass is 10.1. The van der Waals surface area contributed by atoms with E-state index in [1.54, 1.807) is 27.8 Å². The van der Waals surface area contributed by atoms with Crippen LogP contribution in [0, 0.1) is 0 Å². The summed E-state index contributed by atoms with van der Waals surface area (Å²) in [5.74, 6) is -0.506. The zero-order valence-corrected chi connectivity index (χ0v) is 17.1. The summed E-state index contributed by atoms with van der Waals surface area (Å²) >= 11 is 3.15. The Labute approximate surface area is 164 Å². The summed E-state index contributed by atoms with van der Waals surface area (Å²) in [5.41, 5.74) is -1.57. The Morgan fingerprint density at radius 1 is 1.26 bits per heavy atom. The highest BCUT2D eigenvalue weighted by atomic mass is 79.9. The van der Waals surface area contributed by atoms with Gasteiger partial charge in [0.25, 0.3) is 5.91 Å². The molecule has 1 atom stereocenters. The van der Waals surface area contributed by atoms with E-state index in [2.05, 4.69) is 15.9 Å². The molecule has 0 saturated carbocycles. The van der Waals surface area contributed by atoms with E-state index in [0.29, 0.717) is 17.4 Å². The molecule has 1 aliphatic rings. The largest absolute Gasteiger partial charge is 0.444 e. The standard InChI is InChI=1S/C18H22BrF3N2O3/c1-17(2,3)27-16(26)23(4)12-7-8-24(10-12)15(25)13-9-11(18(20,21)22)5-6-14(13)19/h5-6,9,12H,7-8,10H2,1-4H3/t12-/m0/s1. The van der Waals surface area contributed by atoms with Crippen molar-refractivity contribution in [2.45, 2.75) is 45.0 Å². The number of hydrogen-bond acceptors (Lipinski definition) is 3. The van der Waals surface area contributed by atoms with Gasteiger partial charge in [0, 0.05) is 24.6 Å². The number of likely N-dealkylation sites (tertiary alicyclic amines) is 1. The molecule has 27 heavy (non-hydrogen) atoms. The summed E-state index contributed by atoms with van der Waals surface area (Å²) in [6, 6.07) is 2.73. The minimum Gasteiger partial charge on any atom is -0.444 e. The van der Waals surface area contributed by atoms with Crippen LogP contribution in [0.15, 0.2) is 22.7 Å². The van der Waals surface area contributed by atoms with Crippen LogP contribution in [0.3, 0.4) is 0 Å². The lowest BCUT2D eigenvalue weighted by Crippen LogP contribution is -2.42. The second kappa shape index (κ2) is 7.69. The average molecular weight is 451 g/mol. The molecule has 1 aromatic rings. The maximum Gasteiger partial charge on any atom is 0.416 e. The van der Waals surface area contributed by atoms with Crippen molar-refractivity contribution in [2.24, 2.45) is 0 Å². The van der Waals surface area contributed by atoms with E-state index < -0.39 is 29.3 Å². The molecular formula is C18H22BrF3N2O3. The van der Waals surface area contributed by atoms with Gasteiger partial charge in [0.05, 0.1) is 17.2 Å². The second-order valence-electron chi connectivity index (χ2n) is 7.48. The first-order chi connectivity index (χ1) is 12.3. The molecule has 2 rings (SSSR count). The third kappa shape index (κ3) is 5.37. The van der Waals surface area contributed by atoms with E-state index in [1.807, 2.05) is 0 Å². The molecule has 0 aliphatic carbocycles. The van der Waals surface area contributed by atoms with Crippen LogP contribution in [0.4, 0.5) is 18.0 Å². The summed E-state index contributed by atoms with van der Waals surface area (Å²) in [6.07, 6.45) is -4.50. The first-order valence-corrected chi connectivity index (χ1v) is 9.21. The minimum atomic E-state index is -4.53. The Hall–Kier alpha value is -1.77. The molecule has 0 aromatic heterocycles. The molecule has 0 N–H and O–H groups in total. The highest BCUT2D eigenvalue weighted by Gasteiger charge is 2.35. The zero-order valence-electron chi connectivity index (χ0n) is 15.6. The summed E-state index contributed by atoms with van der Waals surface area (Å²) < 4.78 is 44.4. The fourth-order valence-corrected chi connectivity index (χ4v) is 3.18. The molecule has 150 valence electrons. The quantitative estimate of drug-likeness (QED) is 0.663. The maximum atomic E-state index is 12.9. The lowest BCUT2D eigenvalue weighted by molar-refractivity contribution is -0.137. The minimum absolute atomic E-state index is 0.0506. The van der Waals surface area contributed by atoms with Crippen LogP contribution in [0.2, 0.25) is 0 Å².